The van der Waals surface area contributed by atoms with Crippen LogP contribution in [0.15, 0.2) is 60.8 Å². The minimum absolute atomic E-state index is 0.349. The van der Waals surface area contributed by atoms with Crippen molar-refractivity contribution in [1.29, 1.82) is 0 Å². The maximum Gasteiger partial charge on any atom is 0.324 e. The van der Waals surface area contributed by atoms with Gasteiger partial charge in [0, 0.05) is 23.0 Å². The first-order valence-corrected chi connectivity index (χ1v) is 7.89. The third kappa shape index (κ3) is 4.36. The number of aromatic nitrogens is 2. The Bertz CT molecular complexity index is 825. The molecule has 0 radical (unpaired) electrons. The van der Waals surface area contributed by atoms with Gasteiger partial charge in [-0.1, -0.05) is 41.4 Å². The number of nitrogens with zero attached hydrogens (tertiary/aromatic N) is 2. The SMILES string of the molecule is Cc1ccc(Cn2ccc(NC(=O)Nc3ccc(Cl)cc3)n2)cc1. The lowest BCUT2D eigenvalue weighted by atomic mass is 10.1. The molecule has 0 fully saturated rings. The van der Waals surface area contributed by atoms with Crippen molar-refractivity contribution in [2.24, 2.45) is 0 Å². The minimum Gasteiger partial charge on any atom is -0.308 e. The van der Waals surface area contributed by atoms with Crippen LogP contribution in [0.2, 0.25) is 5.02 Å². The van der Waals surface area contributed by atoms with Crippen molar-refractivity contribution >= 4 is 29.1 Å². The lowest BCUT2D eigenvalue weighted by Crippen LogP contribution is -2.19. The molecule has 5 nitrogen and oxygen atoms in total. The second kappa shape index (κ2) is 7.19. The summed E-state index contributed by atoms with van der Waals surface area (Å²) in [7, 11) is 0. The number of aryl methyl sites for hydroxylation is 1. The monoisotopic (exact) mass is 340 g/mol. The van der Waals surface area contributed by atoms with Crippen molar-refractivity contribution in [3.05, 3.63) is 76.9 Å². The van der Waals surface area contributed by atoms with Gasteiger partial charge in [0.15, 0.2) is 5.82 Å². The molecule has 0 spiro atoms. The molecular formula is C18H17ClN4O. The minimum atomic E-state index is -0.349. The van der Waals surface area contributed by atoms with Crippen molar-refractivity contribution in [2.45, 2.75) is 13.5 Å². The predicted molar refractivity (Wildman–Crippen MR) is 96.6 cm³/mol. The third-order valence-electron chi connectivity index (χ3n) is 3.45. The van der Waals surface area contributed by atoms with Crippen molar-refractivity contribution < 1.29 is 4.79 Å². The van der Waals surface area contributed by atoms with Gasteiger partial charge in [-0.25, -0.2) is 4.79 Å². The second-order valence-electron chi connectivity index (χ2n) is 5.47. The Hall–Kier alpha value is -2.79. The number of hydrogen-bond donors (Lipinski definition) is 2. The van der Waals surface area contributed by atoms with Crippen LogP contribution in [0, 0.1) is 6.92 Å². The van der Waals surface area contributed by atoms with Crippen LogP contribution in [0.1, 0.15) is 11.1 Å². The van der Waals surface area contributed by atoms with E-state index in [1.165, 1.54) is 5.56 Å². The average Bonchev–Trinajstić information content (AvgIpc) is 2.99. The highest BCUT2D eigenvalue weighted by molar-refractivity contribution is 6.30. The molecule has 1 heterocycles. The molecule has 3 aromatic rings. The number of rotatable bonds is 4. The van der Waals surface area contributed by atoms with Crippen LogP contribution in [0.3, 0.4) is 0 Å². The summed E-state index contributed by atoms with van der Waals surface area (Å²) in [5.74, 6) is 0.494. The van der Waals surface area contributed by atoms with Crippen LogP contribution in [-0.2, 0) is 6.54 Å². The predicted octanol–water partition coefficient (Wildman–Crippen LogP) is 4.54. The number of halogens is 1. The second-order valence-corrected chi connectivity index (χ2v) is 5.91. The third-order valence-corrected chi connectivity index (χ3v) is 3.70. The Morgan fingerprint density at radius 3 is 2.46 bits per heavy atom. The summed E-state index contributed by atoms with van der Waals surface area (Å²) < 4.78 is 1.78. The standard InChI is InChI=1S/C18H17ClN4O/c1-13-2-4-14(5-3-13)12-23-11-10-17(22-23)21-18(24)20-16-8-6-15(19)7-9-16/h2-11H,12H2,1H3,(H2,20,21,22,24). The highest BCUT2D eigenvalue weighted by Gasteiger charge is 2.06. The van der Waals surface area contributed by atoms with Gasteiger partial charge in [0.2, 0.25) is 0 Å². The first kappa shape index (κ1) is 16.1. The molecule has 0 unspecified atom stereocenters. The number of amides is 2. The number of hydrogen-bond acceptors (Lipinski definition) is 2. The fourth-order valence-corrected chi connectivity index (χ4v) is 2.33. The van der Waals surface area contributed by atoms with E-state index in [0.29, 0.717) is 23.1 Å². The number of urea groups is 1. The molecule has 0 saturated heterocycles. The first-order chi connectivity index (χ1) is 11.6. The molecule has 2 N–H and O–H groups in total. The quantitative estimate of drug-likeness (QED) is 0.732. The molecular weight excluding hydrogens is 324 g/mol. The molecule has 2 aromatic carbocycles. The summed E-state index contributed by atoms with van der Waals surface area (Å²) in [5, 5.41) is 10.4. The van der Waals surface area contributed by atoms with E-state index in [4.69, 9.17) is 11.6 Å². The van der Waals surface area contributed by atoms with E-state index < -0.39 is 0 Å². The van der Waals surface area contributed by atoms with Gasteiger partial charge in [-0.3, -0.25) is 10.00 Å². The number of carbonyl (C=O) groups is 1. The van der Waals surface area contributed by atoms with E-state index in [0.717, 1.165) is 5.56 Å². The van der Waals surface area contributed by atoms with Crippen molar-refractivity contribution in [1.82, 2.24) is 9.78 Å². The maximum absolute atomic E-state index is 12.0. The van der Waals surface area contributed by atoms with E-state index in [-0.39, 0.29) is 6.03 Å². The molecule has 1 aromatic heterocycles. The number of carbonyl (C=O) groups excluding carboxylic acids is 1. The Morgan fingerprint density at radius 2 is 1.75 bits per heavy atom. The smallest absolute Gasteiger partial charge is 0.308 e. The Labute approximate surface area is 145 Å². The zero-order chi connectivity index (χ0) is 16.9. The Morgan fingerprint density at radius 1 is 1.04 bits per heavy atom. The van der Waals surface area contributed by atoms with E-state index in [1.807, 2.05) is 6.20 Å². The average molecular weight is 341 g/mol. The molecule has 0 bridgehead atoms. The molecule has 2 amide bonds. The molecule has 0 aliphatic rings. The van der Waals surface area contributed by atoms with E-state index >= 15 is 0 Å². The van der Waals surface area contributed by atoms with Gasteiger partial charge in [-0.05, 0) is 36.8 Å². The van der Waals surface area contributed by atoms with Crippen LogP contribution < -0.4 is 10.6 Å². The number of benzene rings is 2. The van der Waals surface area contributed by atoms with Gasteiger partial charge >= 0.3 is 6.03 Å². The number of nitrogens with one attached hydrogen (secondary N) is 2. The molecule has 122 valence electrons. The van der Waals surface area contributed by atoms with Crippen LogP contribution in [0.4, 0.5) is 16.3 Å². The van der Waals surface area contributed by atoms with E-state index in [2.05, 4.69) is 46.9 Å². The van der Waals surface area contributed by atoms with Gasteiger partial charge < -0.3 is 5.32 Å². The summed E-state index contributed by atoms with van der Waals surface area (Å²) in [6, 6.07) is 16.6. The van der Waals surface area contributed by atoms with Gasteiger partial charge in [0.25, 0.3) is 0 Å². The molecule has 0 atom stereocenters. The fourth-order valence-electron chi connectivity index (χ4n) is 2.21. The zero-order valence-electron chi connectivity index (χ0n) is 13.2. The van der Waals surface area contributed by atoms with Crippen LogP contribution in [0.25, 0.3) is 0 Å². The van der Waals surface area contributed by atoms with Crippen LogP contribution >= 0.6 is 11.6 Å². The highest BCUT2D eigenvalue weighted by atomic mass is 35.5. The van der Waals surface area contributed by atoms with Crippen molar-refractivity contribution in [3.63, 3.8) is 0 Å². The summed E-state index contributed by atoms with van der Waals surface area (Å²) in [6.45, 7) is 2.71. The topological polar surface area (TPSA) is 59.0 Å². The molecule has 3 rings (SSSR count). The summed E-state index contributed by atoms with van der Waals surface area (Å²) in [5.41, 5.74) is 3.04. The van der Waals surface area contributed by atoms with Gasteiger partial charge in [0.05, 0.1) is 6.54 Å². The molecule has 0 saturated carbocycles. The van der Waals surface area contributed by atoms with Crippen LogP contribution in [0.5, 0.6) is 0 Å². The summed E-state index contributed by atoms with van der Waals surface area (Å²) in [4.78, 5) is 12.0. The van der Waals surface area contributed by atoms with Gasteiger partial charge in [-0.2, -0.15) is 5.10 Å². The fraction of sp³-hybridized carbons (Fsp3) is 0.111. The molecule has 6 heteroatoms. The Balaban J connectivity index is 1.58. The van der Waals surface area contributed by atoms with Crippen LogP contribution in [-0.4, -0.2) is 15.8 Å². The largest absolute Gasteiger partial charge is 0.324 e. The van der Waals surface area contributed by atoms with E-state index in [1.54, 1.807) is 35.0 Å². The lowest BCUT2D eigenvalue weighted by molar-refractivity contribution is 0.262. The lowest BCUT2D eigenvalue weighted by Gasteiger charge is -2.06. The highest BCUT2D eigenvalue weighted by Crippen LogP contribution is 2.14. The molecule has 24 heavy (non-hydrogen) atoms. The normalized spacial score (nSPS) is 10.4. The number of anilines is 2. The van der Waals surface area contributed by atoms with Crippen molar-refractivity contribution in [3.8, 4) is 0 Å². The van der Waals surface area contributed by atoms with Gasteiger partial charge in [-0.15, -0.1) is 0 Å². The summed E-state index contributed by atoms with van der Waals surface area (Å²) in [6.07, 6.45) is 1.83. The van der Waals surface area contributed by atoms with E-state index in [9.17, 15) is 4.79 Å². The zero-order valence-corrected chi connectivity index (χ0v) is 13.9. The Kier molecular flexibility index (Phi) is 4.82. The molecule has 0 aliphatic carbocycles. The van der Waals surface area contributed by atoms with Crippen molar-refractivity contribution in [2.75, 3.05) is 10.6 Å². The van der Waals surface area contributed by atoms with Gasteiger partial charge in [0.1, 0.15) is 0 Å². The first-order valence-electron chi connectivity index (χ1n) is 7.51. The maximum atomic E-state index is 12.0. The molecule has 0 aliphatic heterocycles. The summed E-state index contributed by atoms with van der Waals surface area (Å²) >= 11 is 5.81.